The van der Waals surface area contributed by atoms with Gasteiger partial charge in [0.15, 0.2) is 0 Å². The van der Waals surface area contributed by atoms with Gasteiger partial charge in [0.1, 0.15) is 0 Å². The first-order valence-corrected chi connectivity index (χ1v) is 8.67. The van der Waals surface area contributed by atoms with Gasteiger partial charge in [0, 0.05) is 17.7 Å². The van der Waals surface area contributed by atoms with E-state index in [1.54, 1.807) is 60.7 Å². The zero-order valence-corrected chi connectivity index (χ0v) is 15.2. The first-order valence-electron chi connectivity index (χ1n) is 8.67. The minimum absolute atomic E-state index is 0.0781. The van der Waals surface area contributed by atoms with Crippen LogP contribution in [-0.2, 0) is 4.79 Å². The standard InChI is InChI=1S/C22H17N3O4/c23-21(26)18-11-4-5-12-20(18)24-22(27)19(16-8-2-1-3-9-16)14-15-7-6-10-17(13-15)25(28)29/h1-14H,(H2,23,26)(H,24,27)/b19-14+. The molecule has 0 aromatic heterocycles. The Morgan fingerprint density at radius 1 is 0.931 bits per heavy atom. The van der Waals surface area contributed by atoms with Crippen LogP contribution in [0.3, 0.4) is 0 Å². The summed E-state index contributed by atoms with van der Waals surface area (Å²) in [6.07, 6.45) is 1.56. The van der Waals surface area contributed by atoms with E-state index in [9.17, 15) is 19.7 Å². The van der Waals surface area contributed by atoms with Gasteiger partial charge in [-0.2, -0.15) is 0 Å². The highest BCUT2D eigenvalue weighted by molar-refractivity contribution is 6.29. The number of nitro benzene ring substituents is 1. The van der Waals surface area contributed by atoms with E-state index in [0.717, 1.165) is 0 Å². The van der Waals surface area contributed by atoms with Crippen molar-refractivity contribution in [1.82, 2.24) is 0 Å². The minimum Gasteiger partial charge on any atom is -0.366 e. The van der Waals surface area contributed by atoms with Crippen molar-refractivity contribution in [3.63, 3.8) is 0 Å². The molecule has 3 aromatic carbocycles. The zero-order valence-electron chi connectivity index (χ0n) is 15.2. The third-order valence-electron chi connectivity index (χ3n) is 4.16. The number of amides is 2. The highest BCUT2D eigenvalue weighted by atomic mass is 16.6. The lowest BCUT2D eigenvalue weighted by Crippen LogP contribution is -2.19. The molecule has 7 nitrogen and oxygen atoms in total. The summed E-state index contributed by atoms with van der Waals surface area (Å²) >= 11 is 0. The molecule has 3 N–H and O–H groups in total. The number of carbonyl (C=O) groups is 2. The van der Waals surface area contributed by atoms with Gasteiger partial charge >= 0.3 is 0 Å². The Balaban J connectivity index is 2.03. The molecule has 144 valence electrons. The smallest absolute Gasteiger partial charge is 0.270 e. The largest absolute Gasteiger partial charge is 0.366 e. The molecule has 0 saturated carbocycles. The monoisotopic (exact) mass is 387 g/mol. The first kappa shape index (κ1) is 19.5. The Bertz CT molecular complexity index is 1110. The predicted molar refractivity (Wildman–Crippen MR) is 111 cm³/mol. The van der Waals surface area contributed by atoms with Crippen molar-refractivity contribution in [3.8, 4) is 0 Å². The number of anilines is 1. The number of primary amides is 1. The molecular weight excluding hydrogens is 370 g/mol. The van der Waals surface area contributed by atoms with Crippen molar-refractivity contribution in [2.75, 3.05) is 5.32 Å². The molecule has 2 amide bonds. The third kappa shape index (κ3) is 4.72. The minimum atomic E-state index is -0.662. The van der Waals surface area contributed by atoms with Crippen molar-refractivity contribution in [1.29, 1.82) is 0 Å². The molecule has 0 atom stereocenters. The van der Waals surface area contributed by atoms with Crippen LogP contribution in [0.4, 0.5) is 11.4 Å². The van der Waals surface area contributed by atoms with Gasteiger partial charge in [-0.05, 0) is 29.3 Å². The van der Waals surface area contributed by atoms with Crippen molar-refractivity contribution < 1.29 is 14.5 Å². The molecule has 7 heteroatoms. The van der Waals surface area contributed by atoms with E-state index in [1.807, 2.05) is 6.07 Å². The lowest BCUT2D eigenvalue weighted by atomic mass is 10.0. The summed E-state index contributed by atoms with van der Waals surface area (Å²) in [7, 11) is 0. The van der Waals surface area contributed by atoms with Gasteiger partial charge in [0.05, 0.1) is 16.2 Å². The molecule has 0 radical (unpaired) electrons. The maximum absolute atomic E-state index is 13.0. The summed E-state index contributed by atoms with van der Waals surface area (Å²) in [5, 5.41) is 13.8. The summed E-state index contributed by atoms with van der Waals surface area (Å²) in [5.74, 6) is -1.14. The van der Waals surface area contributed by atoms with Crippen LogP contribution in [0, 0.1) is 10.1 Å². The molecule has 0 saturated heterocycles. The number of para-hydroxylation sites is 1. The first-order chi connectivity index (χ1) is 14.0. The zero-order chi connectivity index (χ0) is 20.8. The molecule has 3 aromatic rings. The van der Waals surface area contributed by atoms with Crippen LogP contribution in [0.1, 0.15) is 21.5 Å². The van der Waals surface area contributed by atoms with E-state index in [-0.39, 0.29) is 22.5 Å². The average Bonchev–Trinajstić information content (AvgIpc) is 2.73. The van der Waals surface area contributed by atoms with E-state index in [4.69, 9.17) is 5.73 Å². The Kier molecular flexibility index (Phi) is 5.80. The van der Waals surface area contributed by atoms with Crippen molar-refractivity contribution in [2.45, 2.75) is 0 Å². The summed E-state index contributed by atoms with van der Waals surface area (Å²) in [6.45, 7) is 0. The molecule has 0 bridgehead atoms. The summed E-state index contributed by atoms with van der Waals surface area (Å²) in [4.78, 5) is 35.2. The van der Waals surface area contributed by atoms with Crippen molar-refractivity contribution >= 4 is 34.8 Å². The van der Waals surface area contributed by atoms with Gasteiger partial charge in [-0.3, -0.25) is 19.7 Å². The van der Waals surface area contributed by atoms with Gasteiger partial charge in [-0.15, -0.1) is 0 Å². The molecule has 0 fully saturated rings. The molecule has 0 unspecified atom stereocenters. The predicted octanol–water partition coefficient (Wildman–Crippen LogP) is 3.87. The molecular formula is C22H17N3O4. The average molecular weight is 387 g/mol. The van der Waals surface area contributed by atoms with E-state index in [0.29, 0.717) is 11.1 Å². The number of benzene rings is 3. The molecule has 29 heavy (non-hydrogen) atoms. The Morgan fingerprint density at radius 2 is 1.62 bits per heavy atom. The molecule has 0 heterocycles. The van der Waals surface area contributed by atoms with Crippen LogP contribution in [-0.4, -0.2) is 16.7 Å². The number of nitrogens with two attached hydrogens (primary N) is 1. The maximum Gasteiger partial charge on any atom is 0.270 e. The number of nitrogens with one attached hydrogen (secondary N) is 1. The number of carbonyl (C=O) groups excluding carboxylic acids is 2. The Morgan fingerprint density at radius 3 is 2.31 bits per heavy atom. The highest BCUT2D eigenvalue weighted by Gasteiger charge is 2.16. The van der Waals surface area contributed by atoms with E-state index >= 15 is 0 Å². The lowest BCUT2D eigenvalue weighted by molar-refractivity contribution is -0.384. The number of hydrogen-bond acceptors (Lipinski definition) is 4. The van der Waals surface area contributed by atoms with Gasteiger partial charge in [0.2, 0.25) is 0 Å². The topological polar surface area (TPSA) is 115 Å². The van der Waals surface area contributed by atoms with Crippen molar-refractivity contribution in [2.24, 2.45) is 5.73 Å². The molecule has 3 rings (SSSR count). The van der Waals surface area contributed by atoms with Crippen LogP contribution < -0.4 is 11.1 Å². The quantitative estimate of drug-likeness (QED) is 0.289. The van der Waals surface area contributed by atoms with Gasteiger partial charge in [-0.1, -0.05) is 54.6 Å². The normalized spacial score (nSPS) is 11.0. The lowest BCUT2D eigenvalue weighted by Gasteiger charge is -2.12. The fourth-order valence-electron chi connectivity index (χ4n) is 2.79. The number of nitro groups is 1. The molecule has 0 aliphatic heterocycles. The van der Waals surface area contributed by atoms with Crippen LogP contribution in [0.2, 0.25) is 0 Å². The Labute approximate surface area is 166 Å². The second-order valence-electron chi connectivity index (χ2n) is 6.14. The van der Waals surface area contributed by atoms with E-state index in [2.05, 4.69) is 5.32 Å². The van der Waals surface area contributed by atoms with Gasteiger partial charge in [-0.25, -0.2) is 0 Å². The Hall–Kier alpha value is -4.26. The van der Waals surface area contributed by atoms with Crippen LogP contribution in [0.5, 0.6) is 0 Å². The van der Waals surface area contributed by atoms with Gasteiger partial charge in [0.25, 0.3) is 17.5 Å². The second-order valence-corrected chi connectivity index (χ2v) is 6.14. The fourth-order valence-corrected chi connectivity index (χ4v) is 2.79. The third-order valence-corrected chi connectivity index (χ3v) is 4.16. The second kappa shape index (κ2) is 8.62. The molecule has 0 aliphatic carbocycles. The summed E-state index contributed by atoms with van der Waals surface area (Å²) in [5.41, 5.74) is 7.16. The number of hydrogen-bond donors (Lipinski definition) is 2. The van der Waals surface area contributed by atoms with E-state index < -0.39 is 16.7 Å². The van der Waals surface area contributed by atoms with Crippen LogP contribution >= 0.6 is 0 Å². The highest BCUT2D eigenvalue weighted by Crippen LogP contribution is 2.24. The number of nitrogens with zero attached hydrogens (tertiary/aromatic N) is 1. The van der Waals surface area contributed by atoms with Crippen LogP contribution in [0.25, 0.3) is 11.6 Å². The molecule has 0 aliphatic rings. The summed E-state index contributed by atoms with van der Waals surface area (Å²) < 4.78 is 0. The van der Waals surface area contributed by atoms with E-state index in [1.165, 1.54) is 18.2 Å². The summed E-state index contributed by atoms with van der Waals surface area (Å²) in [6, 6.07) is 21.3. The number of non-ortho nitro benzene ring substituents is 1. The number of rotatable bonds is 6. The van der Waals surface area contributed by atoms with Crippen molar-refractivity contribution in [3.05, 3.63) is 106 Å². The molecule has 0 spiro atoms. The SMILES string of the molecule is NC(=O)c1ccccc1NC(=O)/C(=C/c1cccc([N+](=O)[O-])c1)c1ccccc1. The maximum atomic E-state index is 13.0. The van der Waals surface area contributed by atoms with Gasteiger partial charge < -0.3 is 11.1 Å². The fraction of sp³-hybridized carbons (Fsp3) is 0. The van der Waals surface area contributed by atoms with Crippen LogP contribution in [0.15, 0.2) is 78.9 Å².